The molecule has 1 saturated heterocycles. The molecule has 6 nitrogen and oxygen atoms in total. The van der Waals surface area contributed by atoms with Gasteiger partial charge in [0, 0.05) is 4.47 Å². The number of carbonyl (C=O) groups is 3. The standard InChI is InChI=1S/C26H19Br2NO5S/c1-15-7-3-4-8-17(15)14-29-24(30)22(35-26(29)32)13-16-11-20(28)23(21(12-16)33-2)34-25(31)18-9-5-6-10-19(18)27/h3-13H,14H2,1-2H3/b22-13-. The number of ether oxygens (including phenoxy) is 2. The first-order valence-corrected chi connectivity index (χ1v) is 12.8. The second kappa shape index (κ2) is 10.8. The van der Waals surface area contributed by atoms with Gasteiger partial charge in [-0.1, -0.05) is 36.4 Å². The highest BCUT2D eigenvalue weighted by atomic mass is 79.9. The third-order valence-corrected chi connectivity index (χ3v) is 7.49. The number of rotatable bonds is 6. The molecule has 0 unspecified atom stereocenters. The molecule has 3 aromatic carbocycles. The largest absolute Gasteiger partial charge is 0.493 e. The fourth-order valence-electron chi connectivity index (χ4n) is 3.44. The molecule has 0 saturated carbocycles. The van der Waals surface area contributed by atoms with Gasteiger partial charge in [-0.2, -0.15) is 0 Å². The van der Waals surface area contributed by atoms with E-state index in [2.05, 4.69) is 31.9 Å². The zero-order chi connectivity index (χ0) is 25.1. The van der Waals surface area contributed by atoms with E-state index in [0.717, 1.165) is 22.9 Å². The van der Waals surface area contributed by atoms with E-state index in [0.29, 0.717) is 30.7 Å². The van der Waals surface area contributed by atoms with Crippen molar-refractivity contribution in [1.29, 1.82) is 0 Å². The highest BCUT2D eigenvalue weighted by molar-refractivity contribution is 9.10. The fraction of sp³-hybridized carbons (Fsp3) is 0.115. The van der Waals surface area contributed by atoms with Crippen LogP contribution in [0.15, 0.2) is 74.5 Å². The average molecular weight is 617 g/mol. The first-order chi connectivity index (χ1) is 16.8. The third kappa shape index (κ3) is 5.52. The van der Waals surface area contributed by atoms with E-state index < -0.39 is 5.97 Å². The van der Waals surface area contributed by atoms with E-state index >= 15 is 0 Å². The zero-order valence-electron chi connectivity index (χ0n) is 18.7. The maximum Gasteiger partial charge on any atom is 0.344 e. The molecule has 1 aliphatic rings. The summed E-state index contributed by atoms with van der Waals surface area (Å²) in [6.45, 7) is 2.16. The van der Waals surface area contributed by atoms with Crippen LogP contribution in [-0.4, -0.2) is 29.1 Å². The lowest BCUT2D eigenvalue weighted by molar-refractivity contribution is -0.123. The van der Waals surface area contributed by atoms with E-state index in [-0.39, 0.29) is 23.4 Å². The van der Waals surface area contributed by atoms with Gasteiger partial charge in [0.05, 0.1) is 28.6 Å². The summed E-state index contributed by atoms with van der Waals surface area (Å²) in [5.41, 5.74) is 2.90. The number of imide groups is 1. The highest BCUT2D eigenvalue weighted by Crippen LogP contribution is 2.40. The van der Waals surface area contributed by atoms with Crippen LogP contribution in [0.4, 0.5) is 4.79 Å². The minimum Gasteiger partial charge on any atom is -0.493 e. The van der Waals surface area contributed by atoms with Crippen LogP contribution in [-0.2, 0) is 11.3 Å². The molecule has 0 atom stereocenters. The van der Waals surface area contributed by atoms with Gasteiger partial charge < -0.3 is 9.47 Å². The number of hydrogen-bond acceptors (Lipinski definition) is 6. The Kier molecular flexibility index (Phi) is 7.78. The molecule has 35 heavy (non-hydrogen) atoms. The molecule has 178 valence electrons. The van der Waals surface area contributed by atoms with Crippen molar-refractivity contribution < 1.29 is 23.9 Å². The Morgan fingerprint density at radius 1 is 1.03 bits per heavy atom. The Hall–Kier alpha value is -2.88. The maximum absolute atomic E-state index is 13.0. The predicted molar refractivity (Wildman–Crippen MR) is 142 cm³/mol. The maximum atomic E-state index is 13.0. The van der Waals surface area contributed by atoms with Gasteiger partial charge >= 0.3 is 5.97 Å². The predicted octanol–water partition coefficient (Wildman–Crippen LogP) is 6.98. The van der Waals surface area contributed by atoms with Gasteiger partial charge in [0.15, 0.2) is 11.5 Å². The van der Waals surface area contributed by atoms with E-state index in [4.69, 9.17) is 9.47 Å². The van der Waals surface area contributed by atoms with Crippen molar-refractivity contribution in [3.05, 3.63) is 96.8 Å². The van der Waals surface area contributed by atoms with E-state index in [9.17, 15) is 14.4 Å². The zero-order valence-corrected chi connectivity index (χ0v) is 22.7. The molecule has 0 aromatic heterocycles. The molecule has 1 fully saturated rings. The molecular weight excluding hydrogens is 598 g/mol. The first kappa shape index (κ1) is 25.2. The summed E-state index contributed by atoms with van der Waals surface area (Å²) in [7, 11) is 1.46. The number of amides is 2. The number of esters is 1. The van der Waals surface area contributed by atoms with Gasteiger partial charge in [-0.15, -0.1) is 0 Å². The van der Waals surface area contributed by atoms with Crippen molar-refractivity contribution in [3.63, 3.8) is 0 Å². The van der Waals surface area contributed by atoms with Gasteiger partial charge in [0.25, 0.3) is 11.1 Å². The van der Waals surface area contributed by atoms with E-state index in [1.165, 1.54) is 12.0 Å². The number of halogens is 2. The van der Waals surface area contributed by atoms with Crippen LogP contribution >= 0.6 is 43.6 Å². The van der Waals surface area contributed by atoms with E-state index in [1.54, 1.807) is 42.5 Å². The molecule has 0 bridgehead atoms. The number of thioether (sulfide) groups is 1. The smallest absolute Gasteiger partial charge is 0.344 e. The lowest BCUT2D eigenvalue weighted by Gasteiger charge is -2.14. The van der Waals surface area contributed by atoms with Crippen molar-refractivity contribution >= 4 is 66.8 Å². The van der Waals surface area contributed by atoms with Crippen LogP contribution in [0.2, 0.25) is 0 Å². The van der Waals surface area contributed by atoms with Crippen molar-refractivity contribution in [2.45, 2.75) is 13.5 Å². The third-order valence-electron chi connectivity index (χ3n) is 5.30. The normalized spacial score (nSPS) is 14.5. The molecule has 0 aliphatic carbocycles. The number of methoxy groups -OCH3 is 1. The number of aryl methyl sites for hydroxylation is 1. The lowest BCUT2D eigenvalue weighted by atomic mass is 10.1. The molecular formula is C26H19Br2NO5S. The number of nitrogens with zero attached hydrogens (tertiary/aromatic N) is 1. The van der Waals surface area contributed by atoms with Gasteiger partial charge in [-0.3, -0.25) is 14.5 Å². The van der Waals surface area contributed by atoms with Crippen LogP contribution in [0, 0.1) is 6.92 Å². The lowest BCUT2D eigenvalue weighted by Crippen LogP contribution is -2.27. The molecule has 0 N–H and O–H groups in total. The van der Waals surface area contributed by atoms with Crippen LogP contribution < -0.4 is 9.47 Å². The Morgan fingerprint density at radius 2 is 1.74 bits per heavy atom. The van der Waals surface area contributed by atoms with Gasteiger partial charge in [-0.25, -0.2) is 4.79 Å². The topological polar surface area (TPSA) is 72.9 Å². The van der Waals surface area contributed by atoms with Crippen LogP contribution in [0.5, 0.6) is 11.5 Å². The summed E-state index contributed by atoms with van der Waals surface area (Å²) in [6.07, 6.45) is 1.62. The van der Waals surface area contributed by atoms with Crippen molar-refractivity contribution in [1.82, 2.24) is 4.90 Å². The summed E-state index contributed by atoms with van der Waals surface area (Å²) >= 11 is 7.67. The summed E-state index contributed by atoms with van der Waals surface area (Å²) < 4.78 is 12.1. The van der Waals surface area contributed by atoms with Gasteiger partial charge in [0.2, 0.25) is 0 Å². The van der Waals surface area contributed by atoms with Crippen molar-refractivity contribution in [3.8, 4) is 11.5 Å². The summed E-state index contributed by atoms with van der Waals surface area (Å²) in [6, 6.07) is 17.9. The number of hydrogen-bond donors (Lipinski definition) is 0. The Balaban J connectivity index is 1.58. The Bertz CT molecular complexity index is 1370. The molecule has 0 spiro atoms. The molecule has 0 radical (unpaired) electrons. The van der Waals surface area contributed by atoms with Crippen LogP contribution in [0.3, 0.4) is 0 Å². The molecule has 1 heterocycles. The van der Waals surface area contributed by atoms with Crippen molar-refractivity contribution in [2.24, 2.45) is 0 Å². The second-order valence-electron chi connectivity index (χ2n) is 7.60. The van der Waals surface area contributed by atoms with Gasteiger partial charge in [0.1, 0.15) is 0 Å². The average Bonchev–Trinajstić information content (AvgIpc) is 3.09. The first-order valence-electron chi connectivity index (χ1n) is 10.4. The summed E-state index contributed by atoms with van der Waals surface area (Å²) in [5.74, 6) is -0.410. The van der Waals surface area contributed by atoms with Gasteiger partial charge in [-0.05, 0) is 97.6 Å². The quantitative estimate of drug-likeness (QED) is 0.169. The minimum atomic E-state index is -0.554. The Labute approximate surface area is 223 Å². The number of carbonyl (C=O) groups excluding carboxylic acids is 3. The monoisotopic (exact) mass is 615 g/mol. The molecule has 3 aromatic rings. The molecule has 4 rings (SSSR count). The molecule has 1 aliphatic heterocycles. The fourth-order valence-corrected chi connectivity index (χ4v) is 5.27. The minimum absolute atomic E-state index is 0.207. The molecule has 2 amide bonds. The van der Waals surface area contributed by atoms with Crippen LogP contribution in [0.25, 0.3) is 6.08 Å². The highest BCUT2D eigenvalue weighted by Gasteiger charge is 2.35. The van der Waals surface area contributed by atoms with Crippen LogP contribution in [0.1, 0.15) is 27.0 Å². The Morgan fingerprint density at radius 3 is 2.46 bits per heavy atom. The summed E-state index contributed by atoms with van der Waals surface area (Å²) in [4.78, 5) is 39.7. The summed E-state index contributed by atoms with van der Waals surface area (Å²) in [5, 5.41) is -0.325. The SMILES string of the molecule is COc1cc(/C=C2\SC(=O)N(Cc3ccccc3C)C2=O)cc(Br)c1OC(=O)c1ccccc1Br. The van der Waals surface area contributed by atoms with Crippen molar-refractivity contribution in [2.75, 3.05) is 7.11 Å². The molecule has 9 heteroatoms. The van der Waals surface area contributed by atoms with E-state index in [1.807, 2.05) is 31.2 Å². The second-order valence-corrected chi connectivity index (χ2v) is 10.3. The number of benzene rings is 3.